The first-order valence-electron chi connectivity index (χ1n) is 6.18. The van der Waals surface area contributed by atoms with Crippen LogP contribution in [-0.4, -0.2) is 33.2 Å². The molecule has 6 nitrogen and oxygen atoms in total. The molecule has 108 valence electrons. The molecule has 0 amide bonds. The largest absolute Gasteiger partial charge is 0.380 e. The Hall–Kier alpha value is -1.02. The molecule has 0 aromatic carbocycles. The second-order valence-corrected chi connectivity index (χ2v) is 6.25. The molecule has 0 aliphatic rings. The topological polar surface area (TPSA) is 94.3 Å². The van der Waals surface area contributed by atoms with Gasteiger partial charge in [-0.25, -0.2) is 13.1 Å². The van der Waals surface area contributed by atoms with Gasteiger partial charge in [-0.15, -0.1) is 0 Å². The van der Waals surface area contributed by atoms with E-state index in [9.17, 15) is 8.42 Å². The molecule has 7 heteroatoms. The zero-order chi connectivity index (χ0) is 14.3. The van der Waals surface area contributed by atoms with E-state index in [2.05, 4.69) is 9.71 Å². The molecule has 0 unspecified atom stereocenters. The third-order valence-corrected chi connectivity index (χ3v) is 3.86. The molecule has 0 aliphatic heterocycles. The molecule has 1 heterocycles. The third kappa shape index (κ3) is 5.23. The zero-order valence-corrected chi connectivity index (χ0v) is 12.1. The van der Waals surface area contributed by atoms with Crippen LogP contribution in [0.1, 0.15) is 19.5 Å². The van der Waals surface area contributed by atoms with Gasteiger partial charge in [-0.05, 0) is 18.1 Å². The minimum atomic E-state index is -3.58. The SMILES string of the molecule is CC(C)COCCNS(=O)(=O)c1cccnc1CN. The molecule has 0 saturated heterocycles. The number of nitrogens with two attached hydrogens (primary N) is 1. The number of sulfonamides is 1. The van der Waals surface area contributed by atoms with Crippen molar-refractivity contribution < 1.29 is 13.2 Å². The molecule has 1 aromatic heterocycles. The van der Waals surface area contributed by atoms with Crippen LogP contribution in [0, 0.1) is 5.92 Å². The maximum absolute atomic E-state index is 12.0. The summed E-state index contributed by atoms with van der Waals surface area (Å²) in [5.41, 5.74) is 5.84. The molecule has 0 bridgehead atoms. The molecule has 0 radical (unpaired) electrons. The van der Waals surface area contributed by atoms with Crippen LogP contribution in [0.5, 0.6) is 0 Å². The monoisotopic (exact) mass is 287 g/mol. The summed E-state index contributed by atoms with van der Waals surface area (Å²) >= 11 is 0. The summed E-state index contributed by atoms with van der Waals surface area (Å²) in [7, 11) is -3.58. The highest BCUT2D eigenvalue weighted by Gasteiger charge is 2.17. The van der Waals surface area contributed by atoms with Crippen molar-refractivity contribution in [3.63, 3.8) is 0 Å². The Labute approximate surface area is 114 Å². The van der Waals surface area contributed by atoms with E-state index in [1.165, 1.54) is 12.3 Å². The van der Waals surface area contributed by atoms with Crippen molar-refractivity contribution in [3.8, 4) is 0 Å². The highest BCUT2D eigenvalue weighted by molar-refractivity contribution is 7.89. The molecule has 0 fully saturated rings. The van der Waals surface area contributed by atoms with Crippen LogP contribution < -0.4 is 10.5 Å². The quantitative estimate of drug-likeness (QED) is 0.679. The van der Waals surface area contributed by atoms with Gasteiger partial charge in [0.2, 0.25) is 10.0 Å². The van der Waals surface area contributed by atoms with Crippen molar-refractivity contribution >= 4 is 10.0 Å². The van der Waals surface area contributed by atoms with Gasteiger partial charge in [0.15, 0.2) is 0 Å². The molecule has 1 aromatic rings. The van der Waals surface area contributed by atoms with Gasteiger partial charge >= 0.3 is 0 Å². The molecule has 1 rings (SSSR count). The number of aromatic nitrogens is 1. The summed E-state index contributed by atoms with van der Waals surface area (Å²) < 4.78 is 31.9. The van der Waals surface area contributed by atoms with Crippen LogP contribution in [0.4, 0.5) is 0 Å². The maximum Gasteiger partial charge on any atom is 0.242 e. The minimum Gasteiger partial charge on any atom is -0.380 e. The lowest BCUT2D eigenvalue weighted by atomic mass is 10.2. The lowest BCUT2D eigenvalue weighted by Gasteiger charge is -2.10. The van der Waals surface area contributed by atoms with Gasteiger partial charge in [0.25, 0.3) is 0 Å². The maximum atomic E-state index is 12.0. The number of nitrogens with one attached hydrogen (secondary N) is 1. The van der Waals surface area contributed by atoms with Crippen molar-refractivity contribution in [1.82, 2.24) is 9.71 Å². The number of pyridine rings is 1. The Kier molecular flexibility index (Phi) is 6.36. The van der Waals surface area contributed by atoms with Crippen LogP contribution in [0.15, 0.2) is 23.2 Å². The van der Waals surface area contributed by atoms with Crippen molar-refractivity contribution in [2.75, 3.05) is 19.8 Å². The average molecular weight is 287 g/mol. The summed E-state index contributed by atoms with van der Waals surface area (Å²) in [6, 6.07) is 3.06. The van der Waals surface area contributed by atoms with E-state index >= 15 is 0 Å². The molecule has 19 heavy (non-hydrogen) atoms. The van der Waals surface area contributed by atoms with E-state index in [1.54, 1.807) is 6.07 Å². The van der Waals surface area contributed by atoms with E-state index in [0.717, 1.165) is 0 Å². The fourth-order valence-electron chi connectivity index (χ4n) is 1.47. The van der Waals surface area contributed by atoms with E-state index < -0.39 is 10.0 Å². The van der Waals surface area contributed by atoms with Crippen molar-refractivity contribution in [1.29, 1.82) is 0 Å². The van der Waals surface area contributed by atoms with Crippen molar-refractivity contribution in [3.05, 3.63) is 24.0 Å². The number of ether oxygens (including phenoxy) is 1. The highest BCUT2D eigenvalue weighted by Crippen LogP contribution is 2.11. The molecule has 0 atom stereocenters. The Balaban J connectivity index is 2.56. The first kappa shape index (κ1) is 16.0. The predicted molar refractivity (Wildman–Crippen MR) is 73.0 cm³/mol. The Morgan fingerprint density at radius 3 is 2.84 bits per heavy atom. The highest BCUT2D eigenvalue weighted by atomic mass is 32.2. The summed E-state index contributed by atoms with van der Waals surface area (Å²) in [4.78, 5) is 4.08. The van der Waals surface area contributed by atoms with Crippen LogP contribution >= 0.6 is 0 Å². The molecule has 0 spiro atoms. The standard InChI is InChI=1S/C12H21N3O3S/c1-10(2)9-18-7-6-15-19(16,17)12-4-3-5-14-11(12)8-13/h3-5,10,15H,6-9,13H2,1-2H3. The van der Waals surface area contributed by atoms with E-state index in [4.69, 9.17) is 10.5 Å². The molecule has 3 N–H and O–H groups in total. The van der Waals surface area contributed by atoms with Crippen LogP contribution in [0.25, 0.3) is 0 Å². The third-order valence-electron chi connectivity index (χ3n) is 2.32. The average Bonchev–Trinajstić information content (AvgIpc) is 2.37. The second-order valence-electron chi connectivity index (χ2n) is 4.52. The van der Waals surface area contributed by atoms with Gasteiger partial charge < -0.3 is 10.5 Å². The van der Waals surface area contributed by atoms with Gasteiger partial charge in [-0.2, -0.15) is 0 Å². The Bertz CT molecular complexity index is 489. The van der Waals surface area contributed by atoms with Gasteiger partial charge in [-0.1, -0.05) is 13.8 Å². The fourth-order valence-corrected chi connectivity index (χ4v) is 2.68. The van der Waals surface area contributed by atoms with Gasteiger partial charge in [0, 0.05) is 25.9 Å². The van der Waals surface area contributed by atoms with E-state index in [0.29, 0.717) is 24.8 Å². The first-order chi connectivity index (χ1) is 8.97. The normalized spacial score (nSPS) is 12.0. The van der Waals surface area contributed by atoms with Gasteiger partial charge in [0.1, 0.15) is 4.90 Å². The molecular weight excluding hydrogens is 266 g/mol. The molecule has 0 aliphatic carbocycles. The summed E-state index contributed by atoms with van der Waals surface area (Å²) in [6.45, 7) is 5.34. The van der Waals surface area contributed by atoms with Crippen LogP contribution in [-0.2, 0) is 21.3 Å². The van der Waals surface area contributed by atoms with Crippen LogP contribution in [0.2, 0.25) is 0 Å². The summed E-state index contributed by atoms with van der Waals surface area (Å²) in [5, 5.41) is 0. The lowest BCUT2D eigenvalue weighted by molar-refractivity contribution is 0.114. The van der Waals surface area contributed by atoms with Crippen molar-refractivity contribution in [2.45, 2.75) is 25.3 Å². The number of hydrogen-bond acceptors (Lipinski definition) is 5. The summed E-state index contributed by atoms with van der Waals surface area (Å²) in [6.07, 6.45) is 1.52. The number of rotatable bonds is 8. The lowest BCUT2D eigenvalue weighted by Crippen LogP contribution is -2.29. The van der Waals surface area contributed by atoms with Crippen molar-refractivity contribution in [2.24, 2.45) is 11.7 Å². The van der Waals surface area contributed by atoms with E-state index in [-0.39, 0.29) is 18.0 Å². The van der Waals surface area contributed by atoms with Gasteiger partial charge in [0.05, 0.1) is 12.3 Å². The van der Waals surface area contributed by atoms with Gasteiger partial charge in [-0.3, -0.25) is 4.98 Å². The fraction of sp³-hybridized carbons (Fsp3) is 0.583. The minimum absolute atomic E-state index is 0.0843. The molecule has 0 saturated carbocycles. The smallest absolute Gasteiger partial charge is 0.242 e. The Morgan fingerprint density at radius 1 is 1.47 bits per heavy atom. The summed E-state index contributed by atoms with van der Waals surface area (Å²) in [5.74, 6) is 0.429. The second kappa shape index (κ2) is 7.54. The predicted octanol–water partition coefficient (Wildman–Crippen LogP) is 0.491. The zero-order valence-electron chi connectivity index (χ0n) is 11.3. The van der Waals surface area contributed by atoms with E-state index in [1.807, 2.05) is 13.8 Å². The molecular formula is C12H21N3O3S. The first-order valence-corrected chi connectivity index (χ1v) is 7.67. The Morgan fingerprint density at radius 2 is 2.21 bits per heavy atom. The number of hydrogen-bond donors (Lipinski definition) is 2. The van der Waals surface area contributed by atoms with Crippen LogP contribution in [0.3, 0.4) is 0 Å². The number of nitrogens with zero attached hydrogens (tertiary/aromatic N) is 1.